The van der Waals surface area contributed by atoms with Crippen molar-refractivity contribution in [2.24, 2.45) is 11.7 Å². The van der Waals surface area contributed by atoms with Gasteiger partial charge in [0.15, 0.2) is 0 Å². The number of carbonyl (C=O) groups is 1. The lowest BCUT2D eigenvalue weighted by Gasteiger charge is -2.30. The Morgan fingerprint density at radius 3 is 3.10 bits per heavy atom. The maximum Gasteiger partial charge on any atom is 0.326 e. The van der Waals surface area contributed by atoms with E-state index in [4.69, 9.17) is 10.5 Å². The summed E-state index contributed by atoms with van der Waals surface area (Å²) in [5.41, 5.74) is 8.34. The van der Waals surface area contributed by atoms with Crippen molar-refractivity contribution in [2.75, 3.05) is 25.1 Å². The number of nitrogens with zero attached hydrogens (tertiary/aromatic N) is 1. The Bertz CT molecular complexity index is 531. The summed E-state index contributed by atoms with van der Waals surface area (Å²) < 4.78 is 4.92. The van der Waals surface area contributed by atoms with Crippen LogP contribution < -0.4 is 10.6 Å². The molecule has 1 aromatic carbocycles. The average molecular weight is 288 g/mol. The van der Waals surface area contributed by atoms with E-state index in [1.165, 1.54) is 18.4 Å². The van der Waals surface area contributed by atoms with E-state index in [1.54, 1.807) is 0 Å². The van der Waals surface area contributed by atoms with Crippen molar-refractivity contribution in [1.29, 1.82) is 0 Å². The molecule has 0 amide bonds. The summed E-state index contributed by atoms with van der Waals surface area (Å²) in [6.07, 6.45) is 4.88. The molecule has 0 spiro atoms. The number of nitrogens with two attached hydrogens (primary N) is 1. The quantitative estimate of drug-likeness (QED) is 0.862. The molecule has 2 atom stereocenters. The Labute approximate surface area is 126 Å². The highest BCUT2D eigenvalue weighted by molar-refractivity contribution is 5.81. The normalized spacial score (nSPS) is 27.7. The number of benzene rings is 1. The summed E-state index contributed by atoms with van der Waals surface area (Å²) in [5, 5.41) is 0. The van der Waals surface area contributed by atoms with Crippen LogP contribution in [0.3, 0.4) is 0 Å². The average Bonchev–Trinajstić information content (AvgIpc) is 3.09. The lowest BCUT2D eigenvalue weighted by atomic mass is 9.85. The molecule has 21 heavy (non-hydrogen) atoms. The van der Waals surface area contributed by atoms with Gasteiger partial charge in [0.25, 0.3) is 0 Å². The van der Waals surface area contributed by atoms with Crippen LogP contribution in [0.5, 0.6) is 0 Å². The number of para-hydroxylation sites is 1. The number of esters is 1. The number of anilines is 1. The van der Waals surface area contributed by atoms with E-state index in [1.807, 2.05) is 0 Å². The maximum atomic E-state index is 12.0. The molecule has 1 fully saturated rings. The first kappa shape index (κ1) is 14.4. The number of rotatable bonds is 4. The number of hydrogen-bond acceptors (Lipinski definition) is 4. The first-order chi connectivity index (χ1) is 10.1. The third-order valence-corrected chi connectivity index (χ3v) is 5.17. The van der Waals surface area contributed by atoms with E-state index in [0.717, 1.165) is 45.2 Å². The monoisotopic (exact) mass is 288 g/mol. The first-order valence-corrected chi connectivity index (χ1v) is 7.85. The second-order valence-corrected chi connectivity index (χ2v) is 6.28. The van der Waals surface area contributed by atoms with Crippen LogP contribution in [0.15, 0.2) is 24.3 Å². The van der Waals surface area contributed by atoms with E-state index in [2.05, 4.69) is 29.2 Å². The summed E-state index contributed by atoms with van der Waals surface area (Å²) >= 11 is 0. The molecule has 1 heterocycles. The lowest BCUT2D eigenvalue weighted by Crippen LogP contribution is -2.52. The van der Waals surface area contributed by atoms with Gasteiger partial charge in [-0.2, -0.15) is 0 Å². The highest BCUT2D eigenvalue weighted by Crippen LogP contribution is 2.38. The van der Waals surface area contributed by atoms with E-state index in [9.17, 15) is 4.79 Å². The van der Waals surface area contributed by atoms with E-state index < -0.39 is 5.54 Å². The maximum absolute atomic E-state index is 12.0. The van der Waals surface area contributed by atoms with Gasteiger partial charge in [-0.1, -0.05) is 24.6 Å². The van der Waals surface area contributed by atoms with Crippen molar-refractivity contribution in [1.82, 2.24) is 0 Å². The van der Waals surface area contributed by atoms with Crippen LogP contribution in [0.25, 0.3) is 0 Å². The number of methoxy groups -OCH3 is 1. The van der Waals surface area contributed by atoms with Crippen molar-refractivity contribution >= 4 is 11.7 Å². The third kappa shape index (κ3) is 2.53. The highest BCUT2D eigenvalue weighted by atomic mass is 16.5. The molecular weight excluding hydrogens is 264 g/mol. The second-order valence-electron chi connectivity index (χ2n) is 6.28. The van der Waals surface area contributed by atoms with Gasteiger partial charge in [0.1, 0.15) is 5.54 Å². The van der Waals surface area contributed by atoms with Crippen LogP contribution in [-0.4, -0.2) is 31.7 Å². The predicted octanol–water partition coefficient (Wildman–Crippen LogP) is 2.11. The Hall–Kier alpha value is -1.55. The number of carbonyl (C=O) groups excluding carboxylic acids is 1. The van der Waals surface area contributed by atoms with Crippen LogP contribution in [0, 0.1) is 5.92 Å². The molecule has 2 N–H and O–H groups in total. The standard InChI is InChI=1S/C17H24N2O2/c1-21-16(20)17(18)10-4-6-14(17)9-12-19-11-8-13-5-2-3-7-15(13)19/h2-3,5,7,14H,4,6,8-12,18H2,1H3. The van der Waals surface area contributed by atoms with E-state index in [-0.39, 0.29) is 11.9 Å². The van der Waals surface area contributed by atoms with Gasteiger partial charge < -0.3 is 15.4 Å². The van der Waals surface area contributed by atoms with Crippen molar-refractivity contribution in [3.8, 4) is 0 Å². The minimum absolute atomic E-state index is 0.234. The Balaban J connectivity index is 1.65. The van der Waals surface area contributed by atoms with Gasteiger partial charge >= 0.3 is 5.97 Å². The van der Waals surface area contributed by atoms with Gasteiger partial charge in [-0.05, 0) is 43.2 Å². The third-order valence-electron chi connectivity index (χ3n) is 5.17. The molecule has 3 rings (SSSR count). The van der Waals surface area contributed by atoms with Crippen LogP contribution >= 0.6 is 0 Å². The van der Waals surface area contributed by atoms with Crippen molar-refractivity contribution in [2.45, 2.75) is 37.6 Å². The minimum Gasteiger partial charge on any atom is -0.468 e. The Morgan fingerprint density at radius 2 is 2.29 bits per heavy atom. The molecule has 0 bridgehead atoms. The molecule has 1 saturated carbocycles. The van der Waals surface area contributed by atoms with Gasteiger partial charge in [-0.3, -0.25) is 4.79 Å². The molecule has 0 radical (unpaired) electrons. The first-order valence-electron chi connectivity index (χ1n) is 7.85. The zero-order valence-electron chi connectivity index (χ0n) is 12.7. The van der Waals surface area contributed by atoms with Crippen LogP contribution in [0.2, 0.25) is 0 Å². The van der Waals surface area contributed by atoms with Gasteiger partial charge in [0.05, 0.1) is 7.11 Å². The van der Waals surface area contributed by atoms with Crippen LogP contribution in [-0.2, 0) is 16.0 Å². The molecule has 1 aromatic rings. The topological polar surface area (TPSA) is 55.6 Å². The minimum atomic E-state index is -0.770. The van der Waals surface area contributed by atoms with Crippen molar-refractivity contribution in [3.05, 3.63) is 29.8 Å². The SMILES string of the molecule is COC(=O)C1(N)CCCC1CCN1CCc2ccccc21. The largest absolute Gasteiger partial charge is 0.468 e. The molecule has 4 heteroatoms. The molecular formula is C17H24N2O2. The molecule has 4 nitrogen and oxygen atoms in total. The van der Waals surface area contributed by atoms with Gasteiger partial charge in [0, 0.05) is 18.8 Å². The number of fused-ring (bicyclic) bond motifs is 1. The fourth-order valence-electron chi connectivity index (χ4n) is 3.91. The number of ether oxygens (including phenoxy) is 1. The highest BCUT2D eigenvalue weighted by Gasteiger charge is 2.46. The molecule has 0 saturated heterocycles. The molecule has 114 valence electrons. The van der Waals surface area contributed by atoms with Gasteiger partial charge in [-0.15, -0.1) is 0 Å². The zero-order chi connectivity index (χ0) is 14.9. The fourth-order valence-corrected chi connectivity index (χ4v) is 3.91. The van der Waals surface area contributed by atoms with Gasteiger partial charge in [0.2, 0.25) is 0 Å². The van der Waals surface area contributed by atoms with Crippen LogP contribution in [0.1, 0.15) is 31.2 Å². The Morgan fingerprint density at radius 1 is 1.48 bits per heavy atom. The van der Waals surface area contributed by atoms with Crippen molar-refractivity contribution < 1.29 is 9.53 Å². The van der Waals surface area contributed by atoms with Gasteiger partial charge in [-0.25, -0.2) is 0 Å². The summed E-state index contributed by atoms with van der Waals surface area (Å²) in [6, 6.07) is 8.58. The Kier molecular flexibility index (Phi) is 3.89. The smallest absolute Gasteiger partial charge is 0.326 e. The molecule has 1 aliphatic carbocycles. The summed E-state index contributed by atoms with van der Waals surface area (Å²) in [4.78, 5) is 14.4. The lowest BCUT2D eigenvalue weighted by molar-refractivity contribution is -0.148. The molecule has 1 aliphatic heterocycles. The second kappa shape index (κ2) is 5.68. The molecule has 2 unspecified atom stereocenters. The number of hydrogen-bond donors (Lipinski definition) is 1. The predicted molar refractivity (Wildman–Crippen MR) is 83.3 cm³/mol. The summed E-state index contributed by atoms with van der Waals surface area (Å²) in [6.45, 7) is 2.04. The van der Waals surface area contributed by atoms with E-state index >= 15 is 0 Å². The van der Waals surface area contributed by atoms with Crippen LogP contribution in [0.4, 0.5) is 5.69 Å². The molecule has 0 aromatic heterocycles. The molecule has 2 aliphatic rings. The summed E-state index contributed by atoms with van der Waals surface area (Å²) in [7, 11) is 1.43. The fraction of sp³-hybridized carbons (Fsp3) is 0.588. The van der Waals surface area contributed by atoms with E-state index in [0.29, 0.717) is 0 Å². The van der Waals surface area contributed by atoms with Crippen molar-refractivity contribution in [3.63, 3.8) is 0 Å². The zero-order valence-corrected chi connectivity index (χ0v) is 12.7. The summed E-state index contributed by atoms with van der Waals surface area (Å²) in [5.74, 6) is -0.00969.